The first-order valence-corrected chi connectivity index (χ1v) is 9.73. The molecule has 0 radical (unpaired) electrons. The maximum atomic E-state index is 12.6. The van der Waals surface area contributed by atoms with Crippen molar-refractivity contribution in [3.63, 3.8) is 0 Å². The molecule has 0 saturated carbocycles. The van der Waals surface area contributed by atoms with Gasteiger partial charge in [0.15, 0.2) is 10.9 Å². The van der Waals surface area contributed by atoms with Crippen LogP contribution < -0.4 is 5.32 Å². The molecule has 4 aromatic rings. The monoisotopic (exact) mass is 416 g/mol. The summed E-state index contributed by atoms with van der Waals surface area (Å²) in [7, 11) is 0. The lowest BCUT2D eigenvalue weighted by Crippen LogP contribution is -2.10. The highest BCUT2D eigenvalue weighted by Crippen LogP contribution is 2.35. The van der Waals surface area contributed by atoms with E-state index in [1.807, 2.05) is 19.9 Å². The number of carbonyl (C=O) groups excluding carboxylic acids is 1. The summed E-state index contributed by atoms with van der Waals surface area (Å²) in [6.45, 7) is 4.03. The lowest BCUT2D eigenvalue weighted by molar-refractivity contribution is 0.0997. The van der Waals surface area contributed by atoms with Crippen LogP contribution in [0.15, 0.2) is 46.9 Å². The summed E-state index contributed by atoms with van der Waals surface area (Å²) in [6.07, 6.45) is 0. The zero-order chi connectivity index (χ0) is 19.1. The number of hydrogen-bond acceptors (Lipinski definition) is 4. The molecule has 136 valence electrons. The minimum absolute atomic E-state index is 0.175. The first-order chi connectivity index (χ1) is 12.9. The van der Waals surface area contributed by atoms with Crippen molar-refractivity contribution in [2.24, 2.45) is 0 Å². The molecule has 1 amide bonds. The van der Waals surface area contributed by atoms with Gasteiger partial charge < -0.3 is 4.42 Å². The molecule has 0 aliphatic carbocycles. The Morgan fingerprint density at radius 3 is 2.63 bits per heavy atom. The van der Waals surface area contributed by atoms with Gasteiger partial charge in [-0.2, -0.15) is 0 Å². The molecule has 0 fully saturated rings. The summed E-state index contributed by atoms with van der Waals surface area (Å²) in [4.78, 5) is 17.1. The summed E-state index contributed by atoms with van der Waals surface area (Å²) >= 11 is 13.7. The molecule has 1 N–H and O–H groups in total. The van der Waals surface area contributed by atoms with Gasteiger partial charge in [-0.25, -0.2) is 4.98 Å². The maximum absolute atomic E-state index is 12.6. The van der Waals surface area contributed by atoms with Gasteiger partial charge in [-0.3, -0.25) is 10.1 Å². The third-order valence-electron chi connectivity index (χ3n) is 4.21. The molecule has 7 heteroatoms. The topological polar surface area (TPSA) is 55.1 Å². The van der Waals surface area contributed by atoms with E-state index >= 15 is 0 Å². The normalized spacial score (nSPS) is 11.1. The summed E-state index contributed by atoms with van der Waals surface area (Å²) in [6, 6.07) is 12.6. The van der Waals surface area contributed by atoms with Crippen molar-refractivity contribution in [3.05, 3.63) is 69.4 Å². The standard InChI is InChI=1S/C20H14Cl2N2O2S/c1-10-6-7-11(2)18-17(10)23-20(27-18)24-19(25)15-9-8-14(26-15)12-4-3-5-13(21)16(12)22/h3-9H,1-2H3,(H,23,24,25). The van der Waals surface area contributed by atoms with Crippen LogP contribution in [-0.4, -0.2) is 10.9 Å². The molecule has 27 heavy (non-hydrogen) atoms. The van der Waals surface area contributed by atoms with E-state index in [1.165, 1.54) is 11.3 Å². The van der Waals surface area contributed by atoms with Crippen LogP contribution in [0, 0.1) is 13.8 Å². The molecule has 0 aliphatic rings. The number of halogens is 2. The molecule has 0 spiro atoms. The van der Waals surface area contributed by atoms with E-state index in [9.17, 15) is 4.79 Å². The molecule has 2 aromatic carbocycles. The Morgan fingerprint density at radius 1 is 1.07 bits per heavy atom. The van der Waals surface area contributed by atoms with E-state index in [4.69, 9.17) is 27.6 Å². The predicted molar refractivity (Wildman–Crippen MR) is 111 cm³/mol. The number of thiazole rings is 1. The van der Waals surface area contributed by atoms with E-state index < -0.39 is 0 Å². The van der Waals surface area contributed by atoms with E-state index in [1.54, 1.807) is 30.3 Å². The molecular formula is C20H14Cl2N2O2S. The van der Waals surface area contributed by atoms with Gasteiger partial charge in [-0.1, -0.05) is 52.7 Å². The number of aromatic nitrogens is 1. The van der Waals surface area contributed by atoms with E-state index in [2.05, 4.69) is 16.4 Å². The zero-order valence-corrected chi connectivity index (χ0v) is 16.8. The molecule has 0 atom stereocenters. The fraction of sp³-hybridized carbons (Fsp3) is 0.100. The Morgan fingerprint density at radius 2 is 1.85 bits per heavy atom. The number of carbonyl (C=O) groups is 1. The zero-order valence-electron chi connectivity index (χ0n) is 14.5. The summed E-state index contributed by atoms with van der Waals surface area (Å²) < 4.78 is 6.75. The van der Waals surface area contributed by atoms with Crippen molar-refractivity contribution < 1.29 is 9.21 Å². The number of nitrogens with one attached hydrogen (secondary N) is 1. The molecule has 0 unspecified atom stereocenters. The fourth-order valence-electron chi connectivity index (χ4n) is 2.77. The van der Waals surface area contributed by atoms with Crippen LogP contribution in [0.2, 0.25) is 10.0 Å². The van der Waals surface area contributed by atoms with Crippen molar-refractivity contribution in [2.45, 2.75) is 13.8 Å². The average Bonchev–Trinajstić information content (AvgIpc) is 3.28. The fourth-order valence-corrected chi connectivity index (χ4v) is 4.17. The van der Waals surface area contributed by atoms with Crippen LogP contribution in [-0.2, 0) is 0 Å². The Bertz CT molecular complexity index is 1140. The third kappa shape index (κ3) is 3.34. The largest absolute Gasteiger partial charge is 0.451 e. The Labute approximate surface area is 169 Å². The van der Waals surface area contributed by atoms with E-state index in [0.717, 1.165) is 21.3 Å². The second kappa shape index (κ2) is 7.00. The minimum Gasteiger partial charge on any atom is -0.451 e. The van der Waals surface area contributed by atoms with Crippen molar-refractivity contribution in [1.82, 2.24) is 4.98 Å². The smallest absolute Gasteiger partial charge is 0.293 e. The van der Waals surface area contributed by atoms with Crippen LogP contribution in [0.5, 0.6) is 0 Å². The number of hydrogen-bond donors (Lipinski definition) is 1. The van der Waals surface area contributed by atoms with Crippen molar-refractivity contribution in [3.8, 4) is 11.3 Å². The molecule has 0 aliphatic heterocycles. The Hall–Kier alpha value is -2.34. The highest BCUT2D eigenvalue weighted by Gasteiger charge is 2.17. The summed E-state index contributed by atoms with van der Waals surface area (Å²) in [5, 5.41) is 4.16. The number of rotatable bonds is 3. The minimum atomic E-state index is -0.367. The quantitative estimate of drug-likeness (QED) is 0.402. The van der Waals surface area contributed by atoms with Crippen LogP contribution in [0.1, 0.15) is 21.7 Å². The first-order valence-electron chi connectivity index (χ1n) is 8.16. The van der Waals surface area contributed by atoms with Crippen molar-refractivity contribution in [2.75, 3.05) is 5.32 Å². The number of fused-ring (bicyclic) bond motifs is 1. The molecular weight excluding hydrogens is 403 g/mol. The third-order valence-corrected chi connectivity index (χ3v) is 6.13. The number of anilines is 1. The summed E-state index contributed by atoms with van der Waals surface area (Å²) in [5.74, 6) is 0.283. The highest BCUT2D eigenvalue weighted by molar-refractivity contribution is 7.22. The number of amides is 1. The highest BCUT2D eigenvalue weighted by atomic mass is 35.5. The molecule has 0 saturated heterocycles. The maximum Gasteiger partial charge on any atom is 0.293 e. The average molecular weight is 417 g/mol. The van der Waals surface area contributed by atoms with Gasteiger partial charge >= 0.3 is 0 Å². The van der Waals surface area contributed by atoms with Crippen LogP contribution in [0.4, 0.5) is 5.13 Å². The lowest BCUT2D eigenvalue weighted by Gasteiger charge is -2.02. The van der Waals surface area contributed by atoms with Gasteiger partial charge in [0, 0.05) is 5.56 Å². The molecule has 4 nitrogen and oxygen atoms in total. The number of furan rings is 1. The van der Waals surface area contributed by atoms with Gasteiger partial charge in [0.25, 0.3) is 5.91 Å². The summed E-state index contributed by atoms with van der Waals surface area (Å²) in [5.41, 5.74) is 3.74. The van der Waals surface area contributed by atoms with Crippen molar-refractivity contribution >= 4 is 55.8 Å². The molecule has 2 heterocycles. The molecule has 2 aromatic heterocycles. The van der Waals surface area contributed by atoms with Crippen molar-refractivity contribution in [1.29, 1.82) is 0 Å². The van der Waals surface area contributed by atoms with Gasteiger partial charge in [-0.15, -0.1) is 0 Å². The van der Waals surface area contributed by atoms with Gasteiger partial charge in [0.2, 0.25) is 0 Å². The molecule has 4 rings (SSSR count). The first kappa shape index (κ1) is 18.0. The number of benzene rings is 2. The second-order valence-corrected chi connectivity index (χ2v) is 7.90. The van der Waals surface area contributed by atoms with E-state index in [-0.39, 0.29) is 11.7 Å². The van der Waals surface area contributed by atoms with Gasteiger partial charge in [0.1, 0.15) is 5.76 Å². The molecule has 0 bridgehead atoms. The number of aryl methyl sites for hydroxylation is 2. The second-order valence-electron chi connectivity index (χ2n) is 6.12. The Balaban J connectivity index is 1.61. The number of nitrogens with zero attached hydrogens (tertiary/aromatic N) is 1. The van der Waals surface area contributed by atoms with Gasteiger partial charge in [-0.05, 0) is 49.2 Å². The van der Waals surface area contributed by atoms with Crippen LogP contribution >= 0.6 is 34.5 Å². The SMILES string of the molecule is Cc1ccc(C)c2sc(NC(=O)c3ccc(-c4cccc(Cl)c4Cl)o3)nc12. The van der Waals surface area contributed by atoms with E-state index in [0.29, 0.717) is 26.5 Å². The lowest BCUT2D eigenvalue weighted by atomic mass is 10.1. The van der Waals surface area contributed by atoms with Crippen LogP contribution in [0.25, 0.3) is 21.5 Å². The predicted octanol–water partition coefficient (Wildman–Crippen LogP) is 6.73. The Kier molecular flexibility index (Phi) is 4.68. The van der Waals surface area contributed by atoms with Gasteiger partial charge in [0.05, 0.1) is 20.3 Å². The van der Waals surface area contributed by atoms with Crippen LogP contribution in [0.3, 0.4) is 0 Å².